The van der Waals surface area contributed by atoms with Gasteiger partial charge < -0.3 is 9.88 Å². The average molecular weight is 325 g/mol. The molecule has 1 N–H and O–H groups in total. The van der Waals surface area contributed by atoms with Gasteiger partial charge in [-0.15, -0.1) is 0 Å². The molecule has 4 atom stereocenters. The smallest absolute Gasteiger partial charge is 0.226 e. The van der Waals surface area contributed by atoms with E-state index in [0.29, 0.717) is 23.8 Å². The maximum absolute atomic E-state index is 13.3. The monoisotopic (exact) mass is 325 g/mol. The molecule has 4 rings (SSSR count). The van der Waals surface area contributed by atoms with Crippen molar-refractivity contribution in [2.45, 2.75) is 58.5 Å². The molecule has 2 fully saturated rings. The van der Waals surface area contributed by atoms with E-state index < -0.39 is 0 Å². The third kappa shape index (κ3) is 2.35. The second-order valence-electron chi connectivity index (χ2n) is 7.82. The van der Waals surface area contributed by atoms with E-state index in [9.17, 15) is 4.79 Å². The standard InChI is InChI=1S/C20H27N3O/c1-4-15(12(2)3)20(24)23-14-10-9-13(11-14)18(23)19-21-16-7-5-6-8-17(16)22-19/h5-8,12-15,18H,4,9-11H2,1-3H3,(H,21,22)/t13-,14+,15-,18-/m0/s1. The van der Waals surface area contributed by atoms with Gasteiger partial charge >= 0.3 is 0 Å². The number of rotatable bonds is 4. The van der Waals surface area contributed by atoms with Crippen molar-refractivity contribution in [1.29, 1.82) is 0 Å². The quantitative estimate of drug-likeness (QED) is 0.911. The molecule has 0 spiro atoms. The average Bonchev–Trinajstić information content (AvgIpc) is 3.27. The Morgan fingerprint density at radius 2 is 2.12 bits per heavy atom. The number of imidazole rings is 1. The summed E-state index contributed by atoms with van der Waals surface area (Å²) in [6.45, 7) is 6.46. The minimum Gasteiger partial charge on any atom is -0.340 e. The number of likely N-dealkylation sites (tertiary alicyclic amines) is 1. The van der Waals surface area contributed by atoms with Crippen LogP contribution in [0.3, 0.4) is 0 Å². The summed E-state index contributed by atoms with van der Waals surface area (Å²) in [5.41, 5.74) is 2.07. The number of carbonyl (C=O) groups is 1. The van der Waals surface area contributed by atoms with Gasteiger partial charge in [0.2, 0.25) is 5.91 Å². The van der Waals surface area contributed by atoms with E-state index >= 15 is 0 Å². The van der Waals surface area contributed by atoms with Crippen molar-refractivity contribution >= 4 is 16.9 Å². The number of amides is 1. The number of H-pyrrole nitrogens is 1. The maximum Gasteiger partial charge on any atom is 0.226 e. The van der Waals surface area contributed by atoms with Crippen LogP contribution in [-0.4, -0.2) is 26.8 Å². The van der Waals surface area contributed by atoms with Crippen LogP contribution in [0, 0.1) is 17.8 Å². The molecule has 2 aromatic rings. The Morgan fingerprint density at radius 1 is 1.33 bits per heavy atom. The zero-order valence-electron chi connectivity index (χ0n) is 14.8. The summed E-state index contributed by atoms with van der Waals surface area (Å²) < 4.78 is 0. The van der Waals surface area contributed by atoms with E-state index in [-0.39, 0.29) is 12.0 Å². The molecule has 4 heteroatoms. The molecule has 1 amide bonds. The van der Waals surface area contributed by atoms with E-state index in [4.69, 9.17) is 4.98 Å². The molecule has 0 radical (unpaired) electrons. The lowest BCUT2D eigenvalue weighted by molar-refractivity contribution is -0.142. The molecular weight excluding hydrogens is 298 g/mol. The summed E-state index contributed by atoms with van der Waals surface area (Å²) in [6, 6.07) is 8.69. The summed E-state index contributed by atoms with van der Waals surface area (Å²) in [5, 5.41) is 0. The second-order valence-corrected chi connectivity index (χ2v) is 7.82. The third-order valence-corrected chi connectivity index (χ3v) is 6.09. The number of hydrogen-bond donors (Lipinski definition) is 1. The van der Waals surface area contributed by atoms with E-state index in [1.165, 1.54) is 6.42 Å². The second kappa shape index (κ2) is 5.91. The van der Waals surface area contributed by atoms with Crippen molar-refractivity contribution in [2.24, 2.45) is 17.8 Å². The molecule has 2 aliphatic rings. The van der Waals surface area contributed by atoms with Crippen molar-refractivity contribution in [3.8, 4) is 0 Å². The summed E-state index contributed by atoms with van der Waals surface area (Å²) in [4.78, 5) is 23.8. The maximum atomic E-state index is 13.3. The molecule has 128 valence electrons. The number of aromatic amines is 1. The topological polar surface area (TPSA) is 49.0 Å². The molecule has 2 bridgehead atoms. The van der Waals surface area contributed by atoms with Crippen molar-refractivity contribution in [1.82, 2.24) is 14.9 Å². The Bertz CT molecular complexity index is 717. The van der Waals surface area contributed by atoms with Crippen molar-refractivity contribution in [3.63, 3.8) is 0 Å². The van der Waals surface area contributed by atoms with E-state index in [1.54, 1.807) is 0 Å². The van der Waals surface area contributed by atoms with E-state index in [0.717, 1.165) is 36.1 Å². The van der Waals surface area contributed by atoms with Crippen molar-refractivity contribution in [2.75, 3.05) is 0 Å². The zero-order chi connectivity index (χ0) is 16.8. The lowest BCUT2D eigenvalue weighted by Gasteiger charge is -2.37. The Morgan fingerprint density at radius 3 is 2.83 bits per heavy atom. The van der Waals surface area contributed by atoms with Gasteiger partial charge in [-0.3, -0.25) is 4.79 Å². The van der Waals surface area contributed by atoms with Gasteiger partial charge in [0.15, 0.2) is 0 Å². The van der Waals surface area contributed by atoms with Gasteiger partial charge in [-0.2, -0.15) is 0 Å². The lowest BCUT2D eigenvalue weighted by atomic mass is 9.89. The molecule has 1 saturated heterocycles. The van der Waals surface area contributed by atoms with Gasteiger partial charge in [0, 0.05) is 12.0 Å². The molecule has 1 aliphatic heterocycles. The number of aromatic nitrogens is 2. The fourth-order valence-electron chi connectivity index (χ4n) is 4.89. The molecule has 1 aromatic carbocycles. The van der Waals surface area contributed by atoms with Crippen molar-refractivity contribution in [3.05, 3.63) is 30.1 Å². The molecule has 1 aromatic heterocycles. The minimum absolute atomic E-state index is 0.122. The molecule has 24 heavy (non-hydrogen) atoms. The third-order valence-electron chi connectivity index (χ3n) is 6.09. The first-order chi connectivity index (χ1) is 11.6. The highest BCUT2D eigenvalue weighted by atomic mass is 16.2. The van der Waals surface area contributed by atoms with Crippen LogP contribution in [0.2, 0.25) is 0 Å². The lowest BCUT2D eigenvalue weighted by Crippen LogP contribution is -2.44. The number of benzene rings is 1. The number of nitrogens with zero attached hydrogens (tertiary/aromatic N) is 2. The summed E-state index contributed by atoms with van der Waals surface area (Å²) >= 11 is 0. The summed E-state index contributed by atoms with van der Waals surface area (Å²) in [6.07, 6.45) is 4.43. The summed E-state index contributed by atoms with van der Waals surface area (Å²) in [7, 11) is 0. The zero-order valence-corrected chi connectivity index (χ0v) is 14.8. The number of carbonyl (C=O) groups excluding carboxylic acids is 1. The van der Waals surface area contributed by atoms with Crippen LogP contribution in [0.25, 0.3) is 11.0 Å². The van der Waals surface area contributed by atoms with Crippen LogP contribution < -0.4 is 0 Å². The highest BCUT2D eigenvalue weighted by Gasteiger charge is 2.50. The molecule has 0 unspecified atom stereocenters. The Hall–Kier alpha value is -1.84. The molecule has 4 nitrogen and oxygen atoms in total. The number of nitrogens with one attached hydrogen (secondary N) is 1. The highest BCUT2D eigenvalue weighted by Crippen LogP contribution is 2.50. The van der Waals surface area contributed by atoms with Crippen LogP contribution in [-0.2, 0) is 4.79 Å². The number of hydrogen-bond acceptors (Lipinski definition) is 2. The highest BCUT2D eigenvalue weighted by molar-refractivity contribution is 5.81. The van der Waals surface area contributed by atoms with Gasteiger partial charge in [0.25, 0.3) is 0 Å². The summed E-state index contributed by atoms with van der Waals surface area (Å²) in [5.74, 6) is 2.39. The number of piperidine rings is 1. The molecule has 2 heterocycles. The fourth-order valence-corrected chi connectivity index (χ4v) is 4.89. The predicted octanol–water partition coefficient (Wildman–Crippen LogP) is 4.30. The minimum atomic E-state index is 0.122. The van der Waals surface area contributed by atoms with Gasteiger partial charge in [0.1, 0.15) is 5.82 Å². The number of para-hydroxylation sites is 2. The van der Waals surface area contributed by atoms with Crippen LogP contribution in [0.1, 0.15) is 58.3 Å². The van der Waals surface area contributed by atoms with E-state index in [2.05, 4.69) is 36.7 Å². The largest absolute Gasteiger partial charge is 0.340 e. The Labute approximate surface area is 143 Å². The first-order valence-corrected chi connectivity index (χ1v) is 9.37. The predicted molar refractivity (Wildman–Crippen MR) is 95.4 cm³/mol. The van der Waals surface area contributed by atoms with Gasteiger partial charge in [0.05, 0.1) is 17.1 Å². The Balaban J connectivity index is 1.71. The van der Waals surface area contributed by atoms with Crippen LogP contribution >= 0.6 is 0 Å². The van der Waals surface area contributed by atoms with Gasteiger partial charge in [-0.1, -0.05) is 32.9 Å². The van der Waals surface area contributed by atoms with Crippen LogP contribution in [0.4, 0.5) is 0 Å². The van der Waals surface area contributed by atoms with Crippen molar-refractivity contribution < 1.29 is 4.79 Å². The van der Waals surface area contributed by atoms with Gasteiger partial charge in [-0.25, -0.2) is 4.98 Å². The first-order valence-electron chi connectivity index (χ1n) is 9.37. The molecule has 1 saturated carbocycles. The number of fused-ring (bicyclic) bond motifs is 3. The first kappa shape index (κ1) is 15.7. The Kier molecular flexibility index (Phi) is 3.86. The fraction of sp³-hybridized carbons (Fsp3) is 0.600. The SMILES string of the molecule is CC[C@H](C(=O)N1[C@@H]2CC[C@@H](C2)[C@H]1c1nc2ccccc2[nH]1)C(C)C. The molecular formula is C20H27N3O. The van der Waals surface area contributed by atoms with E-state index in [1.807, 2.05) is 18.2 Å². The normalized spacial score (nSPS) is 27.3. The van der Waals surface area contributed by atoms with Crippen LogP contribution in [0.15, 0.2) is 24.3 Å². The molecule has 1 aliphatic carbocycles. The van der Waals surface area contributed by atoms with Crippen LogP contribution in [0.5, 0.6) is 0 Å². The van der Waals surface area contributed by atoms with Gasteiger partial charge in [-0.05, 0) is 49.7 Å².